The summed E-state index contributed by atoms with van der Waals surface area (Å²) in [6.07, 6.45) is 0.843. The molecule has 0 atom stereocenters. The molecule has 0 saturated heterocycles. The summed E-state index contributed by atoms with van der Waals surface area (Å²) >= 11 is 5.95. The van der Waals surface area contributed by atoms with E-state index in [1.54, 1.807) is 12.1 Å². The number of nitrogens with zero attached hydrogens (tertiary/aromatic N) is 3. The molecule has 1 aromatic carbocycles. The van der Waals surface area contributed by atoms with Gasteiger partial charge in [-0.05, 0) is 12.1 Å². The van der Waals surface area contributed by atoms with E-state index in [-0.39, 0.29) is 18.2 Å². The zero-order chi connectivity index (χ0) is 13.1. The summed E-state index contributed by atoms with van der Waals surface area (Å²) in [5.41, 5.74) is 5.94. The van der Waals surface area contributed by atoms with Crippen LogP contribution >= 0.6 is 11.6 Å². The van der Waals surface area contributed by atoms with E-state index in [0.29, 0.717) is 28.7 Å². The summed E-state index contributed by atoms with van der Waals surface area (Å²) in [7, 11) is 0. The third-order valence-electron chi connectivity index (χ3n) is 2.46. The van der Waals surface area contributed by atoms with Crippen molar-refractivity contribution in [1.29, 1.82) is 0 Å². The lowest BCUT2D eigenvalue weighted by atomic mass is 10.1. The van der Waals surface area contributed by atoms with Crippen LogP contribution in [0.15, 0.2) is 18.2 Å². The second kappa shape index (κ2) is 5.27. The molecule has 0 amide bonds. The molecule has 0 fully saturated rings. The Labute approximate surface area is 109 Å². The molecule has 0 radical (unpaired) electrons. The van der Waals surface area contributed by atoms with Crippen molar-refractivity contribution in [3.05, 3.63) is 46.3 Å². The maximum atomic E-state index is 13.6. The first kappa shape index (κ1) is 12.7. The number of hydrogen-bond acceptors (Lipinski definition) is 4. The van der Waals surface area contributed by atoms with Crippen LogP contribution in [0.4, 0.5) is 10.3 Å². The molecule has 0 aliphatic rings. The van der Waals surface area contributed by atoms with Gasteiger partial charge in [0.2, 0.25) is 5.95 Å². The molecule has 4 nitrogen and oxygen atoms in total. The normalized spacial score (nSPS) is 10.6. The van der Waals surface area contributed by atoms with Crippen molar-refractivity contribution >= 4 is 17.5 Å². The predicted octanol–water partition coefficient (Wildman–Crippen LogP) is 2.40. The Kier molecular flexibility index (Phi) is 3.72. The first-order valence-corrected chi connectivity index (χ1v) is 5.90. The van der Waals surface area contributed by atoms with Gasteiger partial charge in [0.1, 0.15) is 17.5 Å². The predicted molar refractivity (Wildman–Crippen MR) is 67.8 cm³/mol. The third kappa shape index (κ3) is 2.73. The van der Waals surface area contributed by atoms with Crippen LogP contribution in [0.5, 0.6) is 0 Å². The van der Waals surface area contributed by atoms with Crippen LogP contribution in [0.1, 0.15) is 24.1 Å². The van der Waals surface area contributed by atoms with E-state index in [1.165, 1.54) is 6.07 Å². The van der Waals surface area contributed by atoms with E-state index < -0.39 is 0 Å². The number of anilines is 1. The van der Waals surface area contributed by atoms with Crippen molar-refractivity contribution in [3.63, 3.8) is 0 Å². The quantitative estimate of drug-likeness (QED) is 0.926. The largest absolute Gasteiger partial charge is 0.368 e. The molecule has 1 aromatic heterocycles. The molecule has 0 unspecified atom stereocenters. The van der Waals surface area contributed by atoms with Crippen molar-refractivity contribution in [2.45, 2.75) is 19.8 Å². The minimum Gasteiger partial charge on any atom is -0.368 e. The zero-order valence-electron chi connectivity index (χ0n) is 9.82. The fourth-order valence-corrected chi connectivity index (χ4v) is 1.81. The summed E-state index contributed by atoms with van der Waals surface area (Å²) in [5.74, 6) is 0.778. The van der Waals surface area contributed by atoms with Crippen molar-refractivity contribution in [2.75, 3.05) is 5.73 Å². The van der Waals surface area contributed by atoms with Crippen LogP contribution in [0.2, 0.25) is 5.02 Å². The van der Waals surface area contributed by atoms with Gasteiger partial charge >= 0.3 is 0 Å². The van der Waals surface area contributed by atoms with Crippen molar-refractivity contribution < 1.29 is 4.39 Å². The van der Waals surface area contributed by atoms with Crippen molar-refractivity contribution in [1.82, 2.24) is 15.0 Å². The van der Waals surface area contributed by atoms with E-state index in [0.717, 1.165) is 0 Å². The Morgan fingerprint density at radius 2 is 1.94 bits per heavy atom. The van der Waals surface area contributed by atoms with Gasteiger partial charge in [-0.25, -0.2) is 9.37 Å². The maximum absolute atomic E-state index is 13.6. The molecule has 18 heavy (non-hydrogen) atoms. The standard InChI is InChI=1S/C12H12ClFN4/c1-2-10-16-11(18-12(15)17-10)6-7-8(13)4-3-5-9(7)14/h3-5H,2,6H2,1H3,(H2,15,16,17,18). The second-order valence-corrected chi connectivity index (χ2v) is 4.16. The summed E-state index contributed by atoms with van der Waals surface area (Å²) in [5, 5.41) is 0.354. The van der Waals surface area contributed by atoms with E-state index in [2.05, 4.69) is 15.0 Å². The number of halogens is 2. The molecule has 2 N–H and O–H groups in total. The number of nitrogens with two attached hydrogens (primary N) is 1. The summed E-state index contributed by atoms with van der Waals surface area (Å²) < 4.78 is 13.6. The molecule has 0 saturated carbocycles. The van der Waals surface area contributed by atoms with Crippen molar-refractivity contribution in [3.8, 4) is 0 Å². The fourth-order valence-electron chi connectivity index (χ4n) is 1.58. The molecular weight excluding hydrogens is 255 g/mol. The number of nitrogen functional groups attached to an aromatic ring is 1. The first-order valence-electron chi connectivity index (χ1n) is 5.52. The Morgan fingerprint density at radius 3 is 2.61 bits per heavy atom. The van der Waals surface area contributed by atoms with Crippen LogP contribution in [0, 0.1) is 5.82 Å². The highest BCUT2D eigenvalue weighted by Gasteiger charge is 2.11. The lowest BCUT2D eigenvalue weighted by Gasteiger charge is -2.06. The number of aromatic nitrogens is 3. The molecular formula is C12H12ClFN4. The van der Waals surface area contributed by atoms with Gasteiger partial charge < -0.3 is 5.73 Å². The van der Waals surface area contributed by atoms with E-state index in [9.17, 15) is 4.39 Å². The summed E-state index contributed by atoms with van der Waals surface area (Å²) in [4.78, 5) is 12.2. The minimum absolute atomic E-state index is 0.143. The highest BCUT2D eigenvalue weighted by Crippen LogP contribution is 2.21. The maximum Gasteiger partial charge on any atom is 0.223 e. The zero-order valence-corrected chi connectivity index (χ0v) is 10.6. The van der Waals surface area contributed by atoms with Gasteiger partial charge in [-0.3, -0.25) is 0 Å². The van der Waals surface area contributed by atoms with Gasteiger partial charge in [0, 0.05) is 23.4 Å². The molecule has 0 bridgehead atoms. The van der Waals surface area contributed by atoms with Crippen LogP contribution in [-0.4, -0.2) is 15.0 Å². The van der Waals surface area contributed by atoms with Crippen LogP contribution in [0.25, 0.3) is 0 Å². The summed E-state index contributed by atoms with van der Waals surface area (Å²) in [6.45, 7) is 1.91. The fraction of sp³-hybridized carbons (Fsp3) is 0.250. The Morgan fingerprint density at radius 1 is 1.22 bits per heavy atom. The third-order valence-corrected chi connectivity index (χ3v) is 2.81. The Hall–Kier alpha value is -1.75. The van der Waals surface area contributed by atoms with E-state index in [1.807, 2.05) is 6.92 Å². The minimum atomic E-state index is -0.375. The van der Waals surface area contributed by atoms with E-state index >= 15 is 0 Å². The number of benzene rings is 1. The summed E-state index contributed by atoms with van der Waals surface area (Å²) in [6, 6.07) is 4.54. The Bertz CT molecular complexity index is 554. The molecule has 2 aromatic rings. The number of hydrogen-bond donors (Lipinski definition) is 1. The van der Waals surface area contributed by atoms with Crippen LogP contribution in [-0.2, 0) is 12.8 Å². The molecule has 0 aliphatic heterocycles. The average Bonchev–Trinajstić information content (AvgIpc) is 2.33. The molecule has 6 heteroatoms. The molecule has 1 heterocycles. The van der Waals surface area contributed by atoms with Gasteiger partial charge in [-0.15, -0.1) is 0 Å². The van der Waals surface area contributed by atoms with Gasteiger partial charge in [0.15, 0.2) is 0 Å². The van der Waals surface area contributed by atoms with Gasteiger partial charge in [0.05, 0.1) is 0 Å². The monoisotopic (exact) mass is 266 g/mol. The van der Waals surface area contributed by atoms with Gasteiger partial charge in [-0.2, -0.15) is 9.97 Å². The Balaban J connectivity index is 2.37. The van der Waals surface area contributed by atoms with Crippen LogP contribution in [0.3, 0.4) is 0 Å². The molecule has 2 rings (SSSR count). The van der Waals surface area contributed by atoms with Gasteiger partial charge in [-0.1, -0.05) is 24.6 Å². The highest BCUT2D eigenvalue weighted by molar-refractivity contribution is 6.31. The highest BCUT2D eigenvalue weighted by atomic mass is 35.5. The van der Waals surface area contributed by atoms with Gasteiger partial charge in [0.25, 0.3) is 0 Å². The number of rotatable bonds is 3. The molecule has 0 spiro atoms. The number of aryl methyl sites for hydroxylation is 1. The smallest absolute Gasteiger partial charge is 0.223 e. The first-order chi connectivity index (χ1) is 8.60. The second-order valence-electron chi connectivity index (χ2n) is 3.76. The SMILES string of the molecule is CCc1nc(N)nc(Cc2c(F)cccc2Cl)n1. The van der Waals surface area contributed by atoms with E-state index in [4.69, 9.17) is 17.3 Å². The van der Waals surface area contributed by atoms with Crippen molar-refractivity contribution in [2.24, 2.45) is 0 Å². The lowest BCUT2D eigenvalue weighted by Crippen LogP contribution is -2.08. The lowest BCUT2D eigenvalue weighted by molar-refractivity contribution is 0.611. The average molecular weight is 267 g/mol. The molecule has 0 aliphatic carbocycles. The topological polar surface area (TPSA) is 64.7 Å². The molecule has 94 valence electrons. The van der Waals surface area contributed by atoms with Crippen LogP contribution < -0.4 is 5.73 Å².